The number of hydrogen-bond donors (Lipinski definition) is 1. The fraction of sp³-hybridized carbons (Fsp3) is 0.933. The molecule has 0 spiro atoms. The molecule has 4 nitrogen and oxygen atoms in total. The van der Waals surface area contributed by atoms with E-state index in [1.807, 2.05) is 6.92 Å². The predicted octanol–water partition coefficient (Wildman–Crippen LogP) is 2.14. The van der Waals surface area contributed by atoms with Crippen LogP contribution in [0.1, 0.15) is 53.4 Å². The molecule has 1 saturated heterocycles. The third kappa shape index (κ3) is 2.79. The van der Waals surface area contributed by atoms with Crippen LogP contribution in [-0.2, 0) is 9.53 Å². The monoisotopic (exact) mass is 268 g/mol. The molecule has 3 atom stereocenters. The maximum Gasteiger partial charge on any atom is 0.241 e. The molecule has 0 aromatic rings. The summed E-state index contributed by atoms with van der Waals surface area (Å²) in [4.78, 5) is 14.7. The van der Waals surface area contributed by atoms with E-state index in [2.05, 4.69) is 31.0 Å². The van der Waals surface area contributed by atoms with Gasteiger partial charge < -0.3 is 9.64 Å². The summed E-state index contributed by atoms with van der Waals surface area (Å²) in [5.41, 5.74) is 0. The maximum atomic E-state index is 12.6. The van der Waals surface area contributed by atoms with Crippen molar-refractivity contribution in [2.24, 2.45) is 5.92 Å². The van der Waals surface area contributed by atoms with Crippen molar-refractivity contribution in [1.82, 2.24) is 10.2 Å². The molecule has 0 radical (unpaired) electrons. The molecule has 1 amide bonds. The molecule has 4 heteroatoms. The van der Waals surface area contributed by atoms with Crippen molar-refractivity contribution in [3.05, 3.63) is 0 Å². The molecule has 1 aliphatic heterocycles. The number of ether oxygens (including phenoxy) is 1. The van der Waals surface area contributed by atoms with Crippen LogP contribution in [0.15, 0.2) is 0 Å². The first-order valence-corrected chi connectivity index (χ1v) is 7.82. The minimum Gasteiger partial charge on any atom is -0.378 e. The highest BCUT2D eigenvalue weighted by molar-refractivity contribution is 5.85. The minimum atomic E-state index is 0.0149. The van der Waals surface area contributed by atoms with Gasteiger partial charge in [0.15, 0.2) is 0 Å². The van der Waals surface area contributed by atoms with E-state index in [9.17, 15) is 4.79 Å². The van der Waals surface area contributed by atoms with Crippen molar-refractivity contribution in [2.75, 3.05) is 6.61 Å². The second-order valence-corrected chi connectivity index (χ2v) is 5.90. The largest absolute Gasteiger partial charge is 0.378 e. The average molecular weight is 268 g/mol. The Bertz CT molecular complexity index is 315. The van der Waals surface area contributed by atoms with Crippen molar-refractivity contribution in [3.63, 3.8) is 0 Å². The molecule has 110 valence electrons. The third-order valence-corrected chi connectivity index (χ3v) is 4.69. The Kier molecular flexibility index (Phi) is 4.85. The molecule has 2 aliphatic rings. The normalized spacial score (nSPS) is 36.4. The zero-order valence-corrected chi connectivity index (χ0v) is 12.7. The second-order valence-electron chi connectivity index (χ2n) is 5.90. The van der Waals surface area contributed by atoms with E-state index in [0.29, 0.717) is 24.0 Å². The molecule has 2 rings (SSSR count). The highest BCUT2D eigenvalue weighted by Gasteiger charge is 2.47. The van der Waals surface area contributed by atoms with E-state index in [1.54, 1.807) is 0 Å². The van der Waals surface area contributed by atoms with Crippen LogP contribution in [0.3, 0.4) is 0 Å². The van der Waals surface area contributed by atoms with Crippen LogP contribution in [-0.4, -0.2) is 41.8 Å². The van der Waals surface area contributed by atoms with Gasteiger partial charge in [0.2, 0.25) is 5.91 Å². The summed E-state index contributed by atoms with van der Waals surface area (Å²) in [7, 11) is 0. The van der Waals surface area contributed by atoms with Gasteiger partial charge in [-0.2, -0.15) is 0 Å². The van der Waals surface area contributed by atoms with Gasteiger partial charge in [-0.3, -0.25) is 10.1 Å². The lowest BCUT2D eigenvalue weighted by Crippen LogP contribution is -2.53. The van der Waals surface area contributed by atoms with Gasteiger partial charge in [0.25, 0.3) is 0 Å². The number of nitrogens with zero attached hydrogens (tertiary/aromatic N) is 1. The molecular weight excluding hydrogens is 240 g/mol. The first-order valence-electron chi connectivity index (χ1n) is 7.82. The molecule has 1 heterocycles. The fourth-order valence-corrected chi connectivity index (χ4v) is 3.20. The molecule has 1 N–H and O–H groups in total. The van der Waals surface area contributed by atoms with Crippen LogP contribution in [0.5, 0.6) is 0 Å². The van der Waals surface area contributed by atoms with Crippen LogP contribution in [0.2, 0.25) is 0 Å². The molecule has 19 heavy (non-hydrogen) atoms. The Balaban J connectivity index is 1.97. The Morgan fingerprint density at radius 3 is 2.58 bits per heavy atom. The van der Waals surface area contributed by atoms with Gasteiger partial charge in [0, 0.05) is 12.6 Å². The van der Waals surface area contributed by atoms with Gasteiger partial charge in [0.05, 0.1) is 18.3 Å². The first-order chi connectivity index (χ1) is 9.12. The predicted molar refractivity (Wildman–Crippen MR) is 75.7 cm³/mol. The first kappa shape index (κ1) is 14.8. The van der Waals surface area contributed by atoms with Crippen molar-refractivity contribution >= 4 is 5.91 Å². The number of nitrogens with one attached hydrogen (secondary N) is 1. The van der Waals surface area contributed by atoms with Crippen LogP contribution < -0.4 is 5.32 Å². The van der Waals surface area contributed by atoms with Gasteiger partial charge in [-0.25, -0.2) is 0 Å². The van der Waals surface area contributed by atoms with E-state index in [1.165, 1.54) is 0 Å². The summed E-state index contributed by atoms with van der Waals surface area (Å²) >= 11 is 0. The number of rotatable bonds is 6. The topological polar surface area (TPSA) is 41.6 Å². The van der Waals surface area contributed by atoms with Gasteiger partial charge in [-0.1, -0.05) is 27.2 Å². The second kappa shape index (κ2) is 6.23. The molecule has 0 bridgehead atoms. The Morgan fingerprint density at radius 1 is 1.37 bits per heavy atom. The van der Waals surface area contributed by atoms with E-state index in [4.69, 9.17) is 4.74 Å². The van der Waals surface area contributed by atoms with E-state index < -0.39 is 0 Å². The standard InChI is InChI=1S/C15H28N2O2/c1-5-10(4)14-15(18)17(13(6-2)16-14)11-8-12(9-11)19-7-3/h10-14,16H,5-9H2,1-4H3. The smallest absolute Gasteiger partial charge is 0.241 e. The van der Waals surface area contributed by atoms with Gasteiger partial charge in [0.1, 0.15) is 0 Å². The lowest BCUT2D eigenvalue weighted by molar-refractivity contribution is -0.139. The van der Waals surface area contributed by atoms with Crippen LogP contribution >= 0.6 is 0 Å². The van der Waals surface area contributed by atoms with E-state index >= 15 is 0 Å². The lowest BCUT2D eigenvalue weighted by Gasteiger charge is -2.43. The molecule has 1 aliphatic carbocycles. The third-order valence-electron chi connectivity index (χ3n) is 4.69. The summed E-state index contributed by atoms with van der Waals surface area (Å²) in [5.74, 6) is 0.718. The SMILES string of the molecule is CCOC1CC(N2C(=O)C(C(C)CC)NC2CC)C1. The number of amides is 1. The van der Waals surface area contributed by atoms with Crippen molar-refractivity contribution < 1.29 is 9.53 Å². The summed E-state index contributed by atoms with van der Waals surface area (Å²) in [6.45, 7) is 9.27. The van der Waals surface area contributed by atoms with E-state index in [0.717, 1.165) is 32.3 Å². The molecule has 1 saturated carbocycles. The zero-order chi connectivity index (χ0) is 14.0. The van der Waals surface area contributed by atoms with Gasteiger partial charge in [-0.05, 0) is 32.1 Å². The minimum absolute atomic E-state index is 0.0149. The van der Waals surface area contributed by atoms with E-state index in [-0.39, 0.29) is 12.2 Å². The number of carbonyl (C=O) groups is 1. The van der Waals surface area contributed by atoms with Crippen LogP contribution in [0.25, 0.3) is 0 Å². The number of carbonyl (C=O) groups excluding carboxylic acids is 1. The highest BCUT2D eigenvalue weighted by Crippen LogP contribution is 2.33. The summed E-state index contributed by atoms with van der Waals surface area (Å²) in [5, 5.41) is 3.52. The molecule has 0 aromatic heterocycles. The van der Waals surface area contributed by atoms with Crippen LogP contribution in [0.4, 0.5) is 0 Å². The van der Waals surface area contributed by atoms with Crippen LogP contribution in [0, 0.1) is 5.92 Å². The molecule has 0 aromatic carbocycles. The summed E-state index contributed by atoms with van der Waals surface area (Å²) in [6, 6.07) is 0.400. The van der Waals surface area contributed by atoms with Gasteiger partial charge in [-0.15, -0.1) is 0 Å². The highest BCUT2D eigenvalue weighted by atomic mass is 16.5. The quantitative estimate of drug-likeness (QED) is 0.802. The average Bonchev–Trinajstić information content (AvgIpc) is 2.69. The summed E-state index contributed by atoms with van der Waals surface area (Å²) < 4.78 is 5.61. The molecular formula is C15H28N2O2. The zero-order valence-electron chi connectivity index (χ0n) is 12.7. The Morgan fingerprint density at radius 2 is 2.05 bits per heavy atom. The maximum absolute atomic E-state index is 12.6. The van der Waals surface area contributed by atoms with Crippen molar-refractivity contribution in [3.8, 4) is 0 Å². The molecule has 2 fully saturated rings. The van der Waals surface area contributed by atoms with Gasteiger partial charge >= 0.3 is 0 Å². The Labute approximate surface area is 116 Å². The fourth-order valence-electron chi connectivity index (χ4n) is 3.20. The van der Waals surface area contributed by atoms with Crippen molar-refractivity contribution in [1.29, 1.82) is 0 Å². The molecule has 3 unspecified atom stereocenters. The summed E-state index contributed by atoms with van der Waals surface area (Å²) in [6.07, 6.45) is 4.62. The lowest BCUT2D eigenvalue weighted by atomic mass is 9.87. The number of hydrogen-bond acceptors (Lipinski definition) is 3. The Hall–Kier alpha value is -0.610. The van der Waals surface area contributed by atoms with Crippen molar-refractivity contribution in [2.45, 2.75) is 77.7 Å².